The van der Waals surface area contributed by atoms with Gasteiger partial charge in [-0.05, 0) is 30.2 Å². The Bertz CT molecular complexity index is 514. The number of hydrogen-bond acceptors (Lipinski definition) is 4. The van der Waals surface area contributed by atoms with Crippen LogP contribution < -0.4 is 10.5 Å². The van der Waals surface area contributed by atoms with E-state index in [9.17, 15) is 0 Å². The molecule has 88 valence electrons. The van der Waals surface area contributed by atoms with Crippen molar-refractivity contribution in [1.29, 1.82) is 0 Å². The molecule has 4 nitrogen and oxygen atoms in total. The van der Waals surface area contributed by atoms with E-state index in [1.165, 1.54) is 0 Å². The minimum atomic E-state index is 0.276. The van der Waals surface area contributed by atoms with E-state index in [4.69, 9.17) is 22.1 Å². The van der Waals surface area contributed by atoms with E-state index in [1.807, 2.05) is 13.0 Å². The minimum absolute atomic E-state index is 0.276. The van der Waals surface area contributed by atoms with Crippen molar-refractivity contribution >= 4 is 11.6 Å². The summed E-state index contributed by atoms with van der Waals surface area (Å²) in [6, 6.07) is 5.66. The lowest BCUT2D eigenvalue weighted by Gasteiger charge is -2.06. The van der Waals surface area contributed by atoms with Crippen LogP contribution in [0.5, 0.6) is 11.8 Å². The lowest BCUT2D eigenvalue weighted by atomic mass is 10.2. The third-order valence-electron chi connectivity index (χ3n) is 2.19. The Morgan fingerprint density at radius 1 is 1.29 bits per heavy atom. The first-order chi connectivity index (χ1) is 8.19. The van der Waals surface area contributed by atoms with Crippen LogP contribution in [0.25, 0.3) is 0 Å². The van der Waals surface area contributed by atoms with Gasteiger partial charge in [-0.15, -0.1) is 0 Å². The fourth-order valence-corrected chi connectivity index (χ4v) is 1.53. The van der Waals surface area contributed by atoms with E-state index in [1.54, 1.807) is 24.5 Å². The molecule has 0 radical (unpaired) electrons. The largest absolute Gasteiger partial charge is 0.423 e. The lowest BCUT2D eigenvalue weighted by Crippen LogP contribution is -1.97. The maximum absolute atomic E-state index is 6.05. The van der Waals surface area contributed by atoms with E-state index in [2.05, 4.69) is 9.97 Å². The Balaban J connectivity index is 2.21. The summed E-state index contributed by atoms with van der Waals surface area (Å²) in [6.45, 7) is 2.35. The monoisotopic (exact) mass is 249 g/mol. The van der Waals surface area contributed by atoms with Crippen LogP contribution in [0, 0.1) is 6.92 Å². The van der Waals surface area contributed by atoms with Crippen LogP contribution in [0.4, 0.5) is 0 Å². The molecule has 5 heteroatoms. The number of nitrogens with zero attached hydrogens (tertiary/aromatic N) is 2. The first-order valence-electron chi connectivity index (χ1n) is 5.14. The maximum Gasteiger partial charge on any atom is 0.321 e. The number of aryl methyl sites for hydroxylation is 1. The van der Waals surface area contributed by atoms with Crippen LogP contribution in [-0.2, 0) is 6.54 Å². The van der Waals surface area contributed by atoms with Crippen LogP contribution in [0.3, 0.4) is 0 Å². The molecule has 0 saturated carbocycles. The predicted octanol–water partition coefficient (Wildman–Crippen LogP) is 2.69. The SMILES string of the molecule is Cc1cnc(Oc2ccc(CN)cc2Cl)nc1. The van der Waals surface area contributed by atoms with E-state index in [0.29, 0.717) is 17.3 Å². The Morgan fingerprint density at radius 2 is 2.00 bits per heavy atom. The van der Waals surface area contributed by atoms with E-state index < -0.39 is 0 Å². The summed E-state index contributed by atoms with van der Waals surface area (Å²) >= 11 is 6.05. The van der Waals surface area contributed by atoms with Gasteiger partial charge >= 0.3 is 6.01 Å². The molecule has 1 aromatic heterocycles. The van der Waals surface area contributed by atoms with Gasteiger partial charge in [0.1, 0.15) is 5.75 Å². The van der Waals surface area contributed by atoms with Gasteiger partial charge in [-0.3, -0.25) is 0 Å². The summed E-state index contributed by atoms with van der Waals surface area (Å²) in [5, 5.41) is 0.497. The van der Waals surface area contributed by atoms with Gasteiger partial charge in [-0.2, -0.15) is 0 Å². The molecule has 0 spiro atoms. The summed E-state index contributed by atoms with van der Waals surface area (Å²) in [4.78, 5) is 8.08. The summed E-state index contributed by atoms with van der Waals surface area (Å²) in [5.41, 5.74) is 7.44. The molecular formula is C12H12ClN3O. The average Bonchev–Trinajstić information content (AvgIpc) is 2.34. The zero-order chi connectivity index (χ0) is 12.3. The van der Waals surface area contributed by atoms with Gasteiger partial charge in [0.05, 0.1) is 5.02 Å². The molecule has 0 unspecified atom stereocenters. The predicted molar refractivity (Wildman–Crippen MR) is 66.2 cm³/mol. The molecule has 1 aromatic carbocycles. The summed E-state index contributed by atoms with van der Waals surface area (Å²) in [7, 11) is 0. The highest BCUT2D eigenvalue weighted by Crippen LogP contribution is 2.28. The first kappa shape index (κ1) is 11.8. The highest BCUT2D eigenvalue weighted by atomic mass is 35.5. The highest BCUT2D eigenvalue weighted by Gasteiger charge is 2.05. The molecule has 0 aliphatic heterocycles. The Labute approximate surface area is 104 Å². The Kier molecular flexibility index (Phi) is 3.56. The molecule has 0 fully saturated rings. The molecule has 2 rings (SSSR count). The molecule has 0 saturated heterocycles. The van der Waals surface area contributed by atoms with Crippen molar-refractivity contribution in [3.05, 3.63) is 46.7 Å². The summed E-state index contributed by atoms with van der Waals surface area (Å²) < 4.78 is 5.47. The van der Waals surface area contributed by atoms with Gasteiger partial charge in [0.25, 0.3) is 0 Å². The molecular weight excluding hydrogens is 238 g/mol. The second kappa shape index (κ2) is 5.12. The van der Waals surface area contributed by atoms with Gasteiger partial charge in [0.15, 0.2) is 0 Å². The van der Waals surface area contributed by atoms with Crippen molar-refractivity contribution in [3.8, 4) is 11.8 Å². The van der Waals surface area contributed by atoms with Gasteiger partial charge in [0, 0.05) is 18.9 Å². The second-order valence-corrected chi connectivity index (χ2v) is 4.02. The molecule has 0 atom stereocenters. The topological polar surface area (TPSA) is 61.0 Å². The third-order valence-corrected chi connectivity index (χ3v) is 2.49. The standard InChI is InChI=1S/C12H12ClN3O/c1-8-6-15-12(16-7-8)17-11-3-2-9(5-14)4-10(11)13/h2-4,6-7H,5,14H2,1H3. The van der Waals surface area contributed by atoms with Crippen LogP contribution >= 0.6 is 11.6 Å². The Hall–Kier alpha value is -1.65. The van der Waals surface area contributed by atoms with Crippen molar-refractivity contribution < 1.29 is 4.74 Å². The molecule has 17 heavy (non-hydrogen) atoms. The number of aromatic nitrogens is 2. The summed E-state index contributed by atoms with van der Waals surface area (Å²) in [6.07, 6.45) is 3.37. The van der Waals surface area contributed by atoms with Crippen LogP contribution in [0.15, 0.2) is 30.6 Å². The Morgan fingerprint density at radius 3 is 2.59 bits per heavy atom. The number of ether oxygens (including phenoxy) is 1. The molecule has 0 aliphatic rings. The van der Waals surface area contributed by atoms with E-state index in [0.717, 1.165) is 11.1 Å². The molecule has 2 aromatic rings. The van der Waals surface area contributed by atoms with Gasteiger partial charge in [-0.25, -0.2) is 9.97 Å². The molecule has 0 bridgehead atoms. The first-order valence-corrected chi connectivity index (χ1v) is 5.52. The maximum atomic E-state index is 6.05. The zero-order valence-electron chi connectivity index (χ0n) is 9.35. The number of benzene rings is 1. The quantitative estimate of drug-likeness (QED) is 0.909. The number of halogens is 1. The van der Waals surface area contributed by atoms with E-state index >= 15 is 0 Å². The van der Waals surface area contributed by atoms with Gasteiger partial charge < -0.3 is 10.5 Å². The highest BCUT2D eigenvalue weighted by molar-refractivity contribution is 6.32. The fraction of sp³-hybridized carbons (Fsp3) is 0.167. The average molecular weight is 250 g/mol. The van der Waals surface area contributed by atoms with Crippen molar-refractivity contribution in [1.82, 2.24) is 9.97 Å². The van der Waals surface area contributed by atoms with Gasteiger partial charge in [0.2, 0.25) is 0 Å². The fourth-order valence-electron chi connectivity index (χ4n) is 1.29. The number of rotatable bonds is 3. The number of nitrogens with two attached hydrogens (primary N) is 1. The number of hydrogen-bond donors (Lipinski definition) is 1. The van der Waals surface area contributed by atoms with Crippen molar-refractivity contribution in [2.45, 2.75) is 13.5 Å². The van der Waals surface area contributed by atoms with Crippen LogP contribution in [-0.4, -0.2) is 9.97 Å². The smallest absolute Gasteiger partial charge is 0.321 e. The van der Waals surface area contributed by atoms with Crippen molar-refractivity contribution in [2.75, 3.05) is 0 Å². The minimum Gasteiger partial charge on any atom is -0.423 e. The van der Waals surface area contributed by atoms with Crippen molar-refractivity contribution in [3.63, 3.8) is 0 Å². The zero-order valence-corrected chi connectivity index (χ0v) is 10.1. The molecule has 2 N–H and O–H groups in total. The molecule has 0 aliphatic carbocycles. The molecule has 1 heterocycles. The second-order valence-electron chi connectivity index (χ2n) is 3.61. The van der Waals surface area contributed by atoms with E-state index in [-0.39, 0.29) is 6.01 Å². The summed E-state index contributed by atoms with van der Waals surface area (Å²) in [5.74, 6) is 0.521. The van der Waals surface area contributed by atoms with Gasteiger partial charge in [-0.1, -0.05) is 17.7 Å². The normalized spacial score (nSPS) is 10.3. The lowest BCUT2D eigenvalue weighted by molar-refractivity contribution is 0.441. The van der Waals surface area contributed by atoms with Crippen molar-refractivity contribution in [2.24, 2.45) is 5.73 Å². The third kappa shape index (κ3) is 2.93. The van der Waals surface area contributed by atoms with Crippen LogP contribution in [0.2, 0.25) is 5.02 Å². The van der Waals surface area contributed by atoms with Crippen LogP contribution in [0.1, 0.15) is 11.1 Å². The molecule has 0 amide bonds.